The van der Waals surface area contributed by atoms with Crippen molar-refractivity contribution >= 4 is 54.6 Å². The number of hydrogen-bond acceptors (Lipinski definition) is 2. The summed E-state index contributed by atoms with van der Waals surface area (Å²) in [6.07, 6.45) is 5.66. The fraction of sp³-hybridized carbons (Fsp3) is 0.118. The predicted molar refractivity (Wildman–Crippen MR) is 304 cm³/mol. The van der Waals surface area contributed by atoms with Gasteiger partial charge >= 0.3 is 0 Å². The minimum absolute atomic E-state index is 0.0209. The molecule has 0 unspecified atom stereocenters. The first-order chi connectivity index (χ1) is 39.3. The third-order valence-electron chi connectivity index (χ3n) is 14.6. The number of ether oxygens (including phenoxy) is 1. The van der Waals surface area contributed by atoms with E-state index in [0.29, 0.717) is 50.7 Å². The molecule has 0 amide bonds. The van der Waals surface area contributed by atoms with Crippen LogP contribution in [-0.4, -0.2) is 18.7 Å². The highest BCUT2D eigenvalue weighted by molar-refractivity contribution is 6.11. The van der Waals surface area contributed by atoms with Gasteiger partial charge in [-0.3, -0.25) is 13.7 Å². The van der Waals surface area contributed by atoms with Gasteiger partial charge in [0.2, 0.25) is 0 Å². The standard InChI is InChI=1S/C68H53N5O/c1-67(2,3)43-35-36-69-64(37-43)73-61-32-16-13-27-54(61)55-34-33-47(41-62(55)73)74-46-20-17-19-44(38-46)70-42-71-65-56(28-18-29-58(65)68(4,5)6)50-23-9-7-21-48(50)49-22-8-10-24-51(49)57-39-45(40-63(70)66(57)71)72-59-30-14-11-25-52(59)53-26-12-15-31-60(53)72/h7-41H,1-6H3/i7D,8D,9D,10D,21D,22D,23D,24D. The molecule has 0 fully saturated rings. The van der Waals surface area contributed by atoms with Gasteiger partial charge in [0.25, 0.3) is 6.33 Å². The lowest BCUT2D eigenvalue weighted by molar-refractivity contribution is -0.572. The van der Waals surface area contributed by atoms with Crippen LogP contribution >= 0.6 is 0 Å². The van der Waals surface area contributed by atoms with Gasteiger partial charge in [0.1, 0.15) is 17.3 Å². The zero-order valence-electron chi connectivity index (χ0n) is 49.7. The van der Waals surface area contributed by atoms with Crippen molar-refractivity contribution in [1.82, 2.24) is 18.7 Å². The molecule has 0 radical (unpaired) electrons. The summed E-state index contributed by atoms with van der Waals surface area (Å²) in [5.41, 5.74) is 9.16. The van der Waals surface area contributed by atoms with Crippen LogP contribution in [0, 0.1) is 6.33 Å². The minimum Gasteiger partial charge on any atom is -0.458 e. The fourth-order valence-electron chi connectivity index (χ4n) is 11.2. The summed E-state index contributed by atoms with van der Waals surface area (Å²) in [7, 11) is 0. The first-order valence-corrected chi connectivity index (χ1v) is 25.0. The molecule has 6 nitrogen and oxygen atoms in total. The van der Waals surface area contributed by atoms with E-state index >= 15 is 0 Å². The zero-order valence-corrected chi connectivity index (χ0v) is 41.7. The third-order valence-corrected chi connectivity index (χ3v) is 14.6. The maximum atomic E-state index is 9.97. The van der Waals surface area contributed by atoms with Crippen molar-refractivity contribution in [2.24, 2.45) is 0 Å². The number of hydrogen-bond donors (Lipinski definition) is 0. The highest BCUT2D eigenvalue weighted by Gasteiger charge is 2.30. The number of rotatable bonds is 5. The van der Waals surface area contributed by atoms with Gasteiger partial charge in [-0.2, -0.15) is 0 Å². The summed E-state index contributed by atoms with van der Waals surface area (Å²) in [5, 5.41) is 4.18. The molecule has 0 spiro atoms. The second-order valence-electron chi connectivity index (χ2n) is 21.2. The molecule has 356 valence electrons. The second kappa shape index (κ2) is 16.3. The molecule has 13 aromatic rings. The van der Waals surface area contributed by atoms with Gasteiger partial charge in [-0.1, -0.05) is 169 Å². The van der Waals surface area contributed by atoms with Crippen molar-refractivity contribution in [1.29, 1.82) is 0 Å². The van der Waals surface area contributed by atoms with E-state index in [1.807, 2.05) is 106 Å². The second-order valence-corrected chi connectivity index (χ2v) is 21.2. The Morgan fingerprint density at radius 2 is 1.05 bits per heavy atom. The lowest BCUT2D eigenvalue weighted by Crippen LogP contribution is -2.35. The van der Waals surface area contributed by atoms with Crippen molar-refractivity contribution in [3.8, 4) is 67.8 Å². The lowest BCUT2D eigenvalue weighted by atomic mass is 9.82. The molecule has 6 heteroatoms. The number of para-hydroxylation sites is 4. The summed E-state index contributed by atoms with van der Waals surface area (Å²) >= 11 is 0. The zero-order chi connectivity index (χ0) is 57.0. The van der Waals surface area contributed by atoms with Gasteiger partial charge < -0.3 is 9.30 Å². The van der Waals surface area contributed by atoms with Gasteiger partial charge in [0.05, 0.1) is 55.4 Å². The van der Waals surface area contributed by atoms with Gasteiger partial charge in [0.15, 0.2) is 0 Å². The van der Waals surface area contributed by atoms with E-state index < -0.39 is 41.7 Å². The summed E-state index contributed by atoms with van der Waals surface area (Å²) in [6, 6.07) is 49.0. The number of imidazole rings is 1. The predicted octanol–water partition coefficient (Wildman–Crippen LogP) is 17.0. The summed E-state index contributed by atoms with van der Waals surface area (Å²) in [4.78, 5) is 4.90. The van der Waals surface area contributed by atoms with E-state index in [4.69, 9.17) is 12.5 Å². The Kier molecular flexibility index (Phi) is 7.91. The molecule has 9 aromatic carbocycles. The van der Waals surface area contributed by atoms with Crippen LogP contribution in [0.15, 0.2) is 212 Å². The first kappa shape index (κ1) is 36.0. The number of nitrogens with zero attached hydrogens (tertiary/aromatic N) is 5. The highest BCUT2D eigenvalue weighted by atomic mass is 16.5. The van der Waals surface area contributed by atoms with Crippen LogP contribution in [0.25, 0.3) is 111 Å². The molecular weight excluding hydrogens is 903 g/mol. The maximum Gasteiger partial charge on any atom is 0.269 e. The van der Waals surface area contributed by atoms with Crippen LogP contribution in [0.3, 0.4) is 0 Å². The van der Waals surface area contributed by atoms with Gasteiger partial charge in [-0.25, -0.2) is 4.98 Å². The van der Waals surface area contributed by atoms with E-state index in [0.717, 1.165) is 55.0 Å². The maximum absolute atomic E-state index is 9.97. The molecule has 14 rings (SSSR count). The Morgan fingerprint density at radius 1 is 0.473 bits per heavy atom. The number of fused-ring (bicyclic) bond motifs is 13. The lowest BCUT2D eigenvalue weighted by Gasteiger charge is -2.26. The third kappa shape index (κ3) is 6.78. The van der Waals surface area contributed by atoms with Gasteiger partial charge in [-0.05, 0) is 128 Å². The van der Waals surface area contributed by atoms with E-state index in [-0.39, 0.29) is 39.8 Å². The first-order valence-electron chi connectivity index (χ1n) is 29.0. The summed E-state index contributed by atoms with van der Waals surface area (Å²) in [6.45, 7) is 12.9. The van der Waals surface area contributed by atoms with Crippen LogP contribution in [0.5, 0.6) is 11.5 Å². The molecule has 0 saturated carbocycles. The smallest absolute Gasteiger partial charge is 0.269 e. The van der Waals surface area contributed by atoms with Crippen LogP contribution in [0.1, 0.15) is 63.6 Å². The summed E-state index contributed by atoms with van der Waals surface area (Å²) in [5.74, 6) is 1.95. The van der Waals surface area contributed by atoms with E-state index in [2.05, 4.69) is 124 Å². The summed E-state index contributed by atoms with van der Waals surface area (Å²) < 4.78 is 91.1. The molecule has 0 saturated heterocycles. The Balaban J connectivity index is 1.08. The molecule has 1 aliphatic heterocycles. The minimum atomic E-state index is -0.564. The van der Waals surface area contributed by atoms with E-state index in [1.165, 1.54) is 5.56 Å². The molecule has 0 bridgehead atoms. The van der Waals surface area contributed by atoms with Crippen molar-refractivity contribution < 1.29 is 20.3 Å². The average molecular weight is 964 g/mol. The van der Waals surface area contributed by atoms with Crippen molar-refractivity contribution in [3.63, 3.8) is 0 Å². The van der Waals surface area contributed by atoms with E-state index in [9.17, 15) is 8.22 Å². The largest absolute Gasteiger partial charge is 0.458 e. The molecule has 0 atom stereocenters. The Morgan fingerprint density at radius 3 is 1.70 bits per heavy atom. The number of aromatic nitrogens is 5. The Labute approximate surface area is 441 Å². The molecular formula is C68H53N5O. The van der Waals surface area contributed by atoms with Gasteiger partial charge in [-0.15, -0.1) is 0 Å². The normalized spacial score (nSPS) is 14.0. The molecule has 0 aliphatic carbocycles. The van der Waals surface area contributed by atoms with Gasteiger partial charge in [0, 0.05) is 39.5 Å². The molecule has 0 N–H and O–H groups in total. The fourth-order valence-corrected chi connectivity index (χ4v) is 11.2. The molecule has 5 heterocycles. The van der Waals surface area contributed by atoms with E-state index in [1.54, 1.807) is 0 Å². The van der Waals surface area contributed by atoms with Crippen molar-refractivity contribution in [2.45, 2.75) is 52.4 Å². The Hall–Kier alpha value is -9.00. The topological polar surface area (TPSA) is 40.8 Å². The monoisotopic (exact) mass is 963 g/mol. The molecule has 1 aliphatic rings. The van der Waals surface area contributed by atoms with Crippen LogP contribution in [0.4, 0.5) is 0 Å². The van der Waals surface area contributed by atoms with Crippen molar-refractivity contribution in [2.75, 3.05) is 0 Å². The number of pyridine rings is 1. The SMILES string of the molecule is [2H]c1c([2H])c([2H])c2c(c1[2H])-c1cccc(C(C)(C)C)c1-[n+]1[c-]n(-c3cccc(Oc4ccc5c6ccccc6n(-c6cc(C(C)(C)C)ccn6)c5c4)c3)c3cc(-n4c5ccccc5c5ccccc54)cc(c31)-c1c([2H])c([2H])c([2H])c([2H])c1-2. The van der Waals surface area contributed by atoms with Crippen LogP contribution in [-0.2, 0) is 10.8 Å². The van der Waals surface area contributed by atoms with Crippen LogP contribution in [0.2, 0.25) is 0 Å². The Bertz CT molecular complexity index is 4870. The van der Waals surface area contributed by atoms with Crippen molar-refractivity contribution in [3.05, 3.63) is 230 Å². The van der Waals surface area contributed by atoms with Crippen LogP contribution < -0.4 is 9.30 Å². The number of benzene rings is 9. The molecule has 4 aromatic heterocycles. The molecule has 74 heavy (non-hydrogen) atoms. The highest BCUT2D eigenvalue weighted by Crippen LogP contribution is 2.47. The quantitative estimate of drug-likeness (QED) is 0.127. The average Bonchev–Trinajstić information content (AvgIpc) is 2.06.